The van der Waals surface area contributed by atoms with E-state index in [0.717, 1.165) is 19.0 Å². The topological polar surface area (TPSA) is 35.6 Å². The molecule has 5 heteroatoms. The van der Waals surface area contributed by atoms with E-state index in [1.165, 1.54) is 25.7 Å². The van der Waals surface area contributed by atoms with Gasteiger partial charge in [-0.25, -0.2) is 0 Å². The molecule has 1 saturated carbocycles. The fourth-order valence-electron chi connectivity index (χ4n) is 2.87. The molecule has 112 valence electrons. The van der Waals surface area contributed by atoms with Gasteiger partial charge in [0.25, 0.3) is 0 Å². The first-order chi connectivity index (χ1) is 8.58. The molecule has 1 heterocycles. The van der Waals surface area contributed by atoms with Crippen LogP contribution in [0.1, 0.15) is 32.6 Å². The Kier molecular flexibility index (Phi) is 6.57. The van der Waals surface area contributed by atoms with Crippen molar-refractivity contribution in [2.75, 3.05) is 33.7 Å². The molecule has 1 aliphatic heterocycles. The zero-order valence-corrected chi connectivity index (χ0v) is 13.2. The van der Waals surface area contributed by atoms with Crippen LogP contribution in [-0.4, -0.2) is 61.5 Å². The van der Waals surface area contributed by atoms with Gasteiger partial charge in [0.05, 0.1) is 6.54 Å². The summed E-state index contributed by atoms with van der Waals surface area (Å²) in [7, 11) is 4.04. The highest BCUT2D eigenvalue weighted by Gasteiger charge is 2.28. The van der Waals surface area contributed by atoms with Gasteiger partial charge >= 0.3 is 0 Å². The van der Waals surface area contributed by atoms with Crippen molar-refractivity contribution >= 4 is 18.3 Å². The normalized spacial score (nSPS) is 27.6. The molecule has 0 bridgehead atoms. The van der Waals surface area contributed by atoms with Gasteiger partial charge in [-0.15, -0.1) is 12.4 Å². The maximum Gasteiger partial charge on any atom is 0.236 e. The van der Waals surface area contributed by atoms with Crippen LogP contribution in [0.15, 0.2) is 0 Å². The third kappa shape index (κ3) is 4.33. The van der Waals surface area contributed by atoms with Gasteiger partial charge in [-0.2, -0.15) is 0 Å². The van der Waals surface area contributed by atoms with Crippen LogP contribution in [0.25, 0.3) is 0 Å². The van der Waals surface area contributed by atoms with Gasteiger partial charge < -0.3 is 10.2 Å². The molecule has 0 unspecified atom stereocenters. The average molecular weight is 290 g/mol. The summed E-state index contributed by atoms with van der Waals surface area (Å²) in [5, 5.41) is 3.25. The summed E-state index contributed by atoms with van der Waals surface area (Å²) in [5.41, 5.74) is 0. The Morgan fingerprint density at radius 3 is 2.16 bits per heavy atom. The molecule has 0 radical (unpaired) electrons. The molecular formula is C14H28ClN3O. The largest absolute Gasteiger partial charge is 0.342 e. The van der Waals surface area contributed by atoms with Gasteiger partial charge in [-0.1, -0.05) is 6.92 Å². The van der Waals surface area contributed by atoms with Crippen molar-refractivity contribution in [3.63, 3.8) is 0 Å². The van der Waals surface area contributed by atoms with E-state index in [1.54, 1.807) is 0 Å². The smallest absolute Gasteiger partial charge is 0.236 e. The van der Waals surface area contributed by atoms with Gasteiger partial charge in [0.1, 0.15) is 0 Å². The second-order valence-corrected chi connectivity index (χ2v) is 6.15. The highest BCUT2D eigenvalue weighted by Crippen LogP contribution is 2.26. The molecule has 1 amide bonds. The van der Waals surface area contributed by atoms with Crippen LogP contribution in [0, 0.1) is 5.92 Å². The van der Waals surface area contributed by atoms with Crippen LogP contribution in [-0.2, 0) is 4.79 Å². The third-order valence-corrected chi connectivity index (χ3v) is 4.69. The number of amides is 1. The van der Waals surface area contributed by atoms with Crippen LogP contribution in [0.5, 0.6) is 0 Å². The lowest BCUT2D eigenvalue weighted by Gasteiger charge is -2.38. The predicted octanol–water partition coefficient (Wildman–Crippen LogP) is 1.35. The van der Waals surface area contributed by atoms with E-state index in [2.05, 4.69) is 24.2 Å². The van der Waals surface area contributed by atoms with Crippen molar-refractivity contribution in [1.82, 2.24) is 15.1 Å². The average Bonchev–Trinajstić information content (AvgIpc) is 2.26. The standard InChI is InChI=1S/C14H27N3O.ClH/c1-11-4-6-12(7-5-11)17(3)14(18)10-16(2)13-8-15-9-13;/h11-13,15H,4-10H2,1-3H3;1H. The van der Waals surface area contributed by atoms with E-state index in [-0.39, 0.29) is 18.3 Å². The number of nitrogens with zero attached hydrogens (tertiary/aromatic N) is 2. The van der Waals surface area contributed by atoms with E-state index in [0.29, 0.717) is 18.6 Å². The van der Waals surface area contributed by atoms with Gasteiger partial charge in [0.15, 0.2) is 0 Å². The lowest BCUT2D eigenvalue weighted by Crippen LogP contribution is -2.58. The van der Waals surface area contributed by atoms with E-state index in [4.69, 9.17) is 0 Å². The highest BCUT2D eigenvalue weighted by molar-refractivity contribution is 5.85. The number of nitrogens with one attached hydrogen (secondary N) is 1. The minimum atomic E-state index is 0. The predicted molar refractivity (Wildman–Crippen MR) is 80.7 cm³/mol. The molecule has 1 aliphatic carbocycles. The number of halogens is 1. The lowest BCUT2D eigenvalue weighted by atomic mass is 9.87. The summed E-state index contributed by atoms with van der Waals surface area (Å²) in [5.74, 6) is 1.12. The molecule has 2 aliphatic rings. The molecule has 0 aromatic rings. The lowest BCUT2D eigenvalue weighted by molar-refractivity contribution is -0.134. The summed E-state index contributed by atoms with van der Waals surface area (Å²) in [6.07, 6.45) is 4.89. The van der Waals surface area contributed by atoms with Crippen LogP contribution < -0.4 is 5.32 Å². The molecule has 1 saturated heterocycles. The Morgan fingerprint density at radius 2 is 1.68 bits per heavy atom. The Morgan fingerprint density at radius 1 is 1.11 bits per heavy atom. The molecule has 2 rings (SSSR count). The zero-order chi connectivity index (χ0) is 13.1. The summed E-state index contributed by atoms with van der Waals surface area (Å²) < 4.78 is 0. The molecule has 2 fully saturated rings. The van der Waals surface area contributed by atoms with E-state index >= 15 is 0 Å². The SMILES string of the molecule is CC1CCC(N(C)C(=O)CN(C)C2CNC2)CC1.Cl. The fourth-order valence-corrected chi connectivity index (χ4v) is 2.87. The Bertz CT molecular complexity index is 288. The van der Waals surface area contributed by atoms with Gasteiger partial charge in [-0.3, -0.25) is 9.69 Å². The number of carbonyl (C=O) groups is 1. The first-order valence-corrected chi connectivity index (χ1v) is 7.24. The zero-order valence-electron chi connectivity index (χ0n) is 12.4. The van der Waals surface area contributed by atoms with Crippen LogP contribution in [0.3, 0.4) is 0 Å². The van der Waals surface area contributed by atoms with E-state index in [9.17, 15) is 4.79 Å². The van der Waals surface area contributed by atoms with Gasteiger partial charge in [0, 0.05) is 32.2 Å². The Balaban J connectivity index is 0.00000180. The van der Waals surface area contributed by atoms with Crippen molar-refractivity contribution in [1.29, 1.82) is 0 Å². The quantitative estimate of drug-likeness (QED) is 0.849. The minimum absolute atomic E-state index is 0. The number of hydrogen-bond donors (Lipinski definition) is 1. The highest BCUT2D eigenvalue weighted by atomic mass is 35.5. The molecule has 0 aromatic heterocycles. The summed E-state index contributed by atoms with van der Waals surface area (Å²) >= 11 is 0. The molecule has 0 aromatic carbocycles. The van der Waals surface area contributed by atoms with Crippen molar-refractivity contribution in [2.45, 2.75) is 44.7 Å². The van der Waals surface area contributed by atoms with Crippen molar-refractivity contribution in [2.24, 2.45) is 5.92 Å². The molecule has 0 atom stereocenters. The van der Waals surface area contributed by atoms with Crippen molar-refractivity contribution in [3.8, 4) is 0 Å². The molecule has 1 N–H and O–H groups in total. The summed E-state index contributed by atoms with van der Waals surface area (Å²) in [4.78, 5) is 16.4. The number of likely N-dealkylation sites (N-methyl/N-ethyl adjacent to an activating group) is 2. The van der Waals surface area contributed by atoms with Crippen LogP contribution >= 0.6 is 12.4 Å². The number of hydrogen-bond acceptors (Lipinski definition) is 3. The second kappa shape index (κ2) is 7.46. The maximum absolute atomic E-state index is 12.2. The maximum atomic E-state index is 12.2. The summed E-state index contributed by atoms with van der Waals surface area (Å²) in [6.45, 7) is 4.92. The number of carbonyl (C=O) groups excluding carboxylic acids is 1. The fraction of sp³-hybridized carbons (Fsp3) is 0.929. The van der Waals surface area contributed by atoms with Gasteiger partial charge in [-0.05, 0) is 38.6 Å². The first-order valence-electron chi connectivity index (χ1n) is 7.24. The molecule has 19 heavy (non-hydrogen) atoms. The first kappa shape index (κ1) is 16.7. The third-order valence-electron chi connectivity index (χ3n) is 4.69. The van der Waals surface area contributed by atoms with Gasteiger partial charge in [0.2, 0.25) is 5.91 Å². The molecule has 4 nitrogen and oxygen atoms in total. The minimum Gasteiger partial charge on any atom is -0.342 e. The van der Waals surface area contributed by atoms with Crippen molar-refractivity contribution < 1.29 is 4.79 Å². The molecule has 0 spiro atoms. The summed E-state index contributed by atoms with van der Waals surface area (Å²) in [6, 6.07) is 1.02. The van der Waals surface area contributed by atoms with Crippen LogP contribution in [0.2, 0.25) is 0 Å². The Hall–Kier alpha value is -0.320. The van der Waals surface area contributed by atoms with E-state index < -0.39 is 0 Å². The van der Waals surface area contributed by atoms with Crippen LogP contribution in [0.4, 0.5) is 0 Å². The van der Waals surface area contributed by atoms with Crippen molar-refractivity contribution in [3.05, 3.63) is 0 Å². The molecular weight excluding hydrogens is 262 g/mol. The van der Waals surface area contributed by atoms with E-state index in [1.807, 2.05) is 11.9 Å². The number of rotatable bonds is 4. The second-order valence-electron chi connectivity index (χ2n) is 6.15. The Labute approximate surface area is 123 Å². The monoisotopic (exact) mass is 289 g/mol.